The summed E-state index contributed by atoms with van der Waals surface area (Å²) in [6.45, 7) is 12.0. The van der Waals surface area contributed by atoms with Crippen LogP contribution in [-0.4, -0.2) is 74.5 Å². The molecule has 3 aliphatic rings. The highest BCUT2D eigenvalue weighted by atomic mass is 16.5. The predicted molar refractivity (Wildman–Crippen MR) is 95.2 cm³/mol. The van der Waals surface area contributed by atoms with Crippen molar-refractivity contribution in [2.75, 3.05) is 62.3 Å². The van der Waals surface area contributed by atoms with Crippen LogP contribution in [0, 0.1) is 0 Å². The smallest absolute Gasteiger partial charge is 0.171 e. The second-order valence-electron chi connectivity index (χ2n) is 7.19. The van der Waals surface area contributed by atoms with E-state index in [-0.39, 0.29) is 0 Å². The summed E-state index contributed by atoms with van der Waals surface area (Å²) < 4.78 is 11.5. The maximum atomic E-state index is 6.09. The highest BCUT2D eigenvalue weighted by Gasteiger charge is 2.33. The molecule has 1 aromatic rings. The van der Waals surface area contributed by atoms with Gasteiger partial charge < -0.3 is 19.3 Å². The summed E-state index contributed by atoms with van der Waals surface area (Å²) >= 11 is 0. The van der Waals surface area contributed by atoms with Gasteiger partial charge >= 0.3 is 0 Å². The molecule has 0 saturated carbocycles. The summed E-state index contributed by atoms with van der Waals surface area (Å²) in [5.41, 5.74) is 1.15. The first-order chi connectivity index (χ1) is 11.7. The van der Waals surface area contributed by atoms with E-state index in [4.69, 9.17) is 14.5 Å². The zero-order chi connectivity index (χ0) is 16.5. The first kappa shape index (κ1) is 16.0. The van der Waals surface area contributed by atoms with Crippen molar-refractivity contribution in [3.8, 4) is 5.75 Å². The Hall–Kier alpha value is -1.53. The number of fused-ring (bicyclic) bond motifs is 3. The fourth-order valence-electron chi connectivity index (χ4n) is 3.92. The Morgan fingerprint density at radius 2 is 1.96 bits per heavy atom. The number of rotatable bonds is 2. The van der Waals surface area contributed by atoms with Gasteiger partial charge in [-0.1, -0.05) is 0 Å². The SMILES string of the molecule is CC(C)N1CCN2c3ncc(N4CCOCC4)cc3OCC[C@@H]2C1. The fourth-order valence-corrected chi connectivity index (χ4v) is 3.92. The Kier molecular flexibility index (Phi) is 4.50. The lowest BCUT2D eigenvalue weighted by atomic mass is 10.1. The molecule has 0 aromatic carbocycles. The van der Waals surface area contributed by atoms with E-state index in [2.05, 4.69) is 34.6 Å². The van der Waals surface area contributed by atoms with Crippen LogP contribution in [0.4, 0.5) is 11.5 Å². The van der Waals surface area contributed by atoms with E-state index in [0.29, 0.717) is 12.1 Å². The van der Waals surface area contributed by atoms with E-state index < -0.39 is 0 Å². The predicted octanol–water partition coefficient (Wildman–Crippen LogP) is 1.60. The largest absolute Gasteiger partial charge is 0.490 e. The Morgan fingerprint density at radius 1 is 1.12 bits per heavy atom. The highest BCUT2D eigenvalue weighted by Crippen LogP contribution is 2.35. The summed E-state index contributed by atoms with van der Waals surface area (Å²) in [5.74, 6) is 1.97. The molecule has 2 fully saturated rings. The number of pyridine rings is 1. The molecular weight excluding hydrogens is 304 g/mol. The molecule has 0 bridgehead atoms. The molecule has 6 nitrogen and oxygen atoms in total. The second-order valence-corrected chi connectivity index (χ2v) is 7.19. The molecule has 0 unspecified atom stereocenters. The third-order valence-corrected chi connectivity index (χ3v) is 5.42. The van der Waals surface area contributed by atoms with Gasteiger partial charge in [0, 0.05) is 57.3 Å². The Bertz CT molecular complexity index is 574. The average molecular weight is 332 g/mol. The van der Waals surface area contributed by atoms with Gasteiger partial charge in [-0.25, -0.2) is 4.98 Å². The molecule has 1 atom stereocenters. The number of hydrogen-bond acceptors (Lipinski definition) is 6. The highest BCUT2D eigenvalue weighted by molar-refractivity contribution is 5.61. The van der Waals surface area contributed by atoms with E-state index in [1.807, 2.05) is 6.20 Å². The topological polar surface area (TPSA) is 41.1 Å². The second kappa shape index (κ2) is 6.76. The molecule has 6 heteroatoms. The molecule has 0 radical (unpaired) electrons. The van der Waals surface area contributed by atoms with Gasteiger partial charge in [-0.05, 0) is 13.8 Å². The molecule has 4 heterocycles. The minimum absolute atomic E-state index is 0.504. The molecular formula is C18H28N4O2. The molecule has 1 aromatic heterocycles. The van der Waals surface area contributed by atoms with Crippen LogP contribution in [0.5, 0.6) is 5.75 Å². The van der Waals surface area contributed by atoms with Crippen LogP contribution >= 0.6 is 0 Å². The van der Waals surface area contributed by atoms with Gasteiger partial charge in [-0.2, -0.15) is 0 Å². The van der Waals surface area contributed by atoms with Gasteiger partial charge in [0.25, 0.3) is 0 Å². The zero-order valence-corrected chi connectivity index (χ0v) is 14.8. The van der Waals surface area contributed by atoms with Crippen molar-refractivity contribution in [1.29, 1.82) is 0 Å². The van der Waals surface area contributed by atoms with E-state index in [1.165, 1.54) is 0 Å². The van der Waals surface area contributed by atoms with Gasteiger partial charge in [0.2, 0.25) is 0 Å². The molecule has 24 heavy (non-hydrogen) atoms. The van der Waals surface area contributed by atoms with Crippen LogP contribution in [0.15, 0.2) is 12.3 Å². The van der Waals surface area contributed by atoms with Crippen molar-refractivity contribution >= 4 is 11.5 Å². The molecule has 0 spiro atoms. The first-order valence-corrected chi connectivity index (χ1v) is 9.18. The lowest BCUT2D eigenvalue weighted by Gasteiger charge is -2.42. The van der Waals surface area contributed by atoms with Gasteiger partial charge in [0.1, 0.15) is 0 Å². The third-order valence-electron chi connectivity index (χ3n) is 5.42. The maximum Gasteiger partial charge on any atom is 0.171 e. The summed E-state index contributed by atoms with van der Waals surface area (Å²) in [7, 11) is 0. The van der Waals surface area contributed by atoms with Crippen LogP contribution < -0.4 is 14.5 Å². The van der Waals surface area contributed by atoms with Crippen molar-refractivity contribution in [2.45, 2.75) is 32.4 Å². The number of hydrogen-bond donors (Lipinski definition) is 0. The number of anilines is 2. The van der Waals surface area contributed by atoms with Crippen molar-refractivity contribution < 1.29 is 9.47 Å². The number of piperazine rings is 1. The minimum Gasteiger partial charge on any atom is -0.490 e. The van der Waals surface area contributed by atoms with Crippen LogP contribution in [-0.2, 0) is 4.74 Å². The monoisotopic (exact) mass is 332 g/mol. The number of nitrogens with zero attached hydrogens (tertiary/aromatic N) is 4. The number of aromatic nitrogens is 1. The Balaban J connectivity index is 1.56. The van der Waals surface area contributed by atoms with Crippen LogP contribution in [0.1, 0.15) is 20.3 Å². The van der Waals surface area contributed by atoms with Crippen LogP contribution in [0.25, 0.3) is 0 Å². The van der Waals surface area contributed by atoms with Crippen molar-refractivity contribution in [3.05, 3.63) is 12.3 Å². The van der Waals surface area contributed by atoms with Gasteiger partial charge in [0.05, 0.1) is 31.7 Å². The Labute approximate surface area is 144 Å². The Morgan fingerprint density at radius 3 is 2.75 bits per heavy atom. The van der Waals surface area contributed by atoms with Crippen LogP contribution in [0.3, 0.4) is 0 Å². The first-order valence-electron chi connectivity index (χ1n) is 9.18. The quantitative estimate of drug-likeness (QED) is 0.819. The lowest BCUT2D eigenvalue weighted by Crippen LogP contribution is -2.55. The van der Waals surface area contributed by atoms with Crippen LogP contribution in [0.2, 0.25) is 0 Å². The van der Waals surface area contributed by atoms with E-state index >= 15 is 0 Å². The van der Waals surface area contributed by atoms with E-state index in [9.17, 15) is 0 Å². The molecule has 4 rings (SSSR count). The molecule has 0 amide bonds. The number of ether oxygens (including phenoxy) is 2. The zero-order valence-electron chi connectivity index (χ0n) is 14.8. The van der Waals surface area contributed by atoms with E-state index in [1.54, 1.807) is 0 Å². The number of morpholine rings is 1. The van der Waals surface area contributed by atoms with Crippen molar-refractivity contribution in [1.82, 2.24) is 9.88 Å². The normalized spacial score (nSPS) is 25.0. The summed E-state index contributed by atoms with van der Waals surface area (Å²) in [6.07, 6.45) is 3.07. The van der Waals surface area contributed by atoms with Crippen molar-refractivity contribution in [3.63, 3.8) is 0 Å². The van der Waals surface area contributed by atoms with E-state index in [0.717, 1.165) is 76.2 Å². The summed E-state index contributed by atoms with van der Waals surface area (Å²) in [4.78, 5) is 12.2. The van der Waals surface area contributed by atoms with Gasteiger partial charge in [-0.3, -0.25) is 4.90 Å². The maximum absolute atomic E-state index is 6.09. The molecule has 3 aliphatic heterocycles. The minimum atomic E-state index is 0.504. The average Bonchev–Trinajstić information content (AvgIpc) is 2.80. The third kappa shape index (κ3) is 3.05. The lowest BCUT2D eigenvalue weighted by molar-refractivity contribution is 0.122. The van der Waals surface area contributed by atoms with Crippen molar-refractivity contribution in [2.24, 2.45) is 0 Å². The molecule has 0 N–H and O–H groups in total. The molecule has 2 saturated heterocycles. The summed E-state index contributed by atoms with van der Waals surface area (Å²) in [6, 6.07) is 3.28. The molecule has 132 valence electrons. The van der Waals surface area contributed by atoms with Gasteiger partial charge in [-0.15, -0.1) is 0 Å². The fraction of sp³-hybridized carbons (Fsp3) is 0.722. The molecule has 0 aliphatic carbocycles. The summed E-state index contributed by atoms with van der Waals surface area (Å²) in [5, 5.41) is 0. The standard InChI is InChI=1S/C18H28N4O2/c1-14(2)21-4-5-22-15(13-21)3-8-24-17-11-16(12-19-18(17)22)20-6-9-23-10-7-20/h11-12,14-15H,3-10,13H2,1-2H3/t15-/m1/s1. The van der Waals surface area contributed by atoms with Gasteiger partial charge in [0.15, 0.2) is 11.6 Å².